The predicted octanol–water partition coefficient (Wildman–Crippen LogP) is 3.82. The number of rotatable bonds is 8. The number of amides is 1. The number of carbonyl (C=O) groups excluding carboxylic acids is 1. The fourth-order valence-corrected chi connectivity index (χ4v) is 2.70. The van der Waals surface area contributed by atoms with Crippen LogP contribution < -0.4 is 24.3 Å². The molecule has 0 saturated heterocycles. The molecule has 0 aliphatic rings. The Morgan fingerprint density at radius 1 is 0.929 bits per heavy atom. The van der Waals surface area contributed by atoms with Gasteiger partial charge in [-0.15, -0.1) is 0 Å². The summed E-state index contributed by atoms with van der Waals surface area (Å²) in [6.45, 7) is 7.24. The maximum Gasteiger partial charge on any atom is 0.251 e. The van der Waals surface area contributed by atoms with E-state index in [1.165, 1.54) is 26.9 Å². The number of hydrogen-bond acceptors (Lipinski definition) is 5. The molecular formula is C22H29NO5. The highest BCUT2D eigenvalue weighted by Gasteiger charge is 2.17. The summed E-state index contributed by atoms with van der Waals surface area (Å²) in [5.74, 6) is 1.84. The third-order valence-corrected chi connectivity index (χ3v) is 4.30. The molecule has 0 aromatic heterocycles. The highest BCUT2D eigenvalue weighted by atomic mass is 16.5. The quantitative estimate of drug-likeness (QED) is 0.698. The van der Waals surface area contributed by atoms with E-state index in [1.807, 2.05) is 12.1 Å². The molecule has 0 atom stereocenters. The van der Waals surface area contributed by atoms with Crippen molar-refractivity contribution in [2.24, 2.45) is 0 Å². The van der Waals surface area contributed by atoms with Crippen molar-refractivity contribution in [1.82, 2.24) is 5.32 Å². The average molecular weight is 387 g/mol. The maximum atomic E-state index is 12.4. The van der Waals surface area contributed by atoms with E-state index in [0.717, 1.165) is 5.75 Å². The SMILES string of the molecule is COc1cc(C(=O)NCCOc2ccc(C(C)(C)C)cc2)cc(OC)c1OC. The lowest BCUT2D eigenvalue weighted by molar-refractivity contribution is 0.0946. The summed E-state index contributed by atoms with van der Waals surface area (Å²) >= 11 is 0. The second-order valence-electron chi connectivity index (χ2n) is 7.29. The first-order valence-corrected chi connectivity index (χ1v) is 9.11. The Balaban J connectivity index is 1.92. The number of carbonyl (C=O) groups is 1. The molecule has 0 aliphatic carbocycles. The van der Waals surface area contributed by atoms with Crippen molar-refractivity contribution in [3.63, 3.8) is 0 Å². The lowest BCUT2D eigenvalue weighted by Crippen LogP contribution is -2.28. The molecule has 0 radical (unpaired) electrons. The van der Waals surface area contributed by atoms with Crippen molar-refractivity contribution in [1.29, 1.82) is 0 Å². The van der Waals surface area contributed by atoms with Crippen molar-refractivity contribution in [3.05, 3.63) is 47.5 Å². The monoisotopic (exact) mass is 387 g/mol. The Morgan fingerprint density at radius 3 is 1.96 bits per heavy atom. The van der Waals surface area contributed by atoms with Crippen LogP contribution >= 0.6 is 0 Å². The third kappa shape index (κ3) is 5.31. The molecule has 28 heavy (non-hydrogen) atoms. The molecule has 0 spiro atoms. The highest BCUT2D eigenvalue weighted by molar-refractivity contribution is 5.95. The van der Waals surface area contributed by atoms with Crippen LogP contribution in [0.2, 0.25) is 0 Å². The van der Waals surface area contributed by atoms with Crippen molar-refractivity contribution >= 4 is 5.91 Å². The fourth-order valence-electron chi connectivity index (χ4n) is 2.70. The zero-order valence-electron chi connectivity index (χ0n) is 17.4. The Bertz CT molecular complexity index is 769. The number of benzene rings is 2. The second kappa shape index (κ2) is 9.35. The minimum Gasteiger partial charge on any atom is -0.493 e. The van der Waals surface area contributed by atoms with E-state index in [9.17, 15) is 4.79 Å². The van der Waals surface area contributed by atoms with Crippen LogP contribution in [0.4, 0.5) is 0 Å². The molecule has 1 amide bonds. The zero-order chi connectivity index (χ0) is 20.7. The van der Waals surface area contributed by atoms with Crippen LogP contribution in [0.15, 0.2) is 36.4 Å². The van der Waals surface area contributed by atoms with Gasteiger partial charge < -0.3 is 24.3 Å². The first-order chi connectivity index (χ1) is 13.3. The first-order valence-electron chi connectivity index (χ1n) is 9.11. The van der Waals surface area contributed by atoms with Crippen LogP contribution in [0.3, 0.4) is 0 Å². The summed E-state index contributed by atoms with van der Waals surface area (Å²) in [5.41, 5.74) is 1.77. The largest absolute Gasteiger partial charge is 0.493 e. The molecule has 1 N–H and O–H groups in total. The highest BCUT2D eigenvalue weighted by Crippen LogP contribution is 2.38. The van der Waals surface area contributed by atoms with Gasteiger partial charge in [0.2, 0.25) is 5.75 Å². The van der Waals surface area contributed by atoms with Gasteiger partial charge in [-0.3, -0.25) is 4.79 Å². The van der Waals surface area contributed by atoms with Crippen LogP contribution in [0.5, 0.6) is 23.0 Å². The van der Waals surface area contributed by atoms with E-state index in [2.05, 4.69) is 38.2 Å². The van der Waals surface area contributed by atoms with Gasteiger partial charge in [0, 0.05) is 5.56 Å². The maximum absolute atomic E-state index is 12.4. The zero-order valence-corrected chi connectivity index (χ0v) is 17.4. The molecule has 0 fully saturated rings. The molecule has 2 aromatic carbocycles. The van der Waals surface area contributed by atoms with Gasteiger partial charge >= 0.3 is 0 Å². The van der Waals surface area contributed by atoms with E-state index in [0.29, 0.717) is 36.0 Å². The third-order valence-electron chi connectivity index (χ3n) is 4.30. The molecule has 0 bridgehead atoms. The Kier molecular flexibility index (Phi) is 7.15. The summed E-state index contributed by atoms with van der Waals surface area (Å²) < 4.78 is 21.5. The van der Waals surface area contributed by atoms with Crippen molar-refractivity contribution in [2.75, 3.05) is 34.5 Å². The molecule has 2 aromatic rings. The fraction of sp³-hybridized carbons (Fsp3) is 0.409. The average Bonchev–Trinajstić information content (AvgIpc) is 2.69. The Hall–Kier alpha value is -2.89. The summed E-state index contributed by atoms with van der Waals surface area (Å²) in [5, 5.41) is 2.83. The van der Waals surface area contributed by atoms with Crippen LogP contribution in [-0.2, 0) is 5.41 Å². The molecule has 2 rings (SSSR count). The van der Waals surface area contributed by atoms with Gasteiger partial charge in [-0.2, -0.15) is 0 Å². The van der Waals surface area contributed by atoms with Crippen molar-refractivity contribution < 1.29 is 23.7 Å². The number of hydrogen-bond donors (Lipinski definition) is 1. The van der Waals surface area contributed by atoms with Gasteiger partial charge in [0.25, 0.3) is 5.91 Å². The second-order valence-corrected chi connectivity index (χ2v) is 7.29. The molecular weight excluding hydrogens is 358 g/mol. The summed E-state index contributed by atoms with van der Waals surface area (Å²) in [6.07, 6.45) is 0. The molecule has 6 heteroatoms. The summed E-state index contributed by atoms with van der Waals surface area (Å²) in [6, 6.07) is 11.2. The van der Waals surface area contributed by atoms with E-state index in [-0.39, 0.29) is 11.3 Å². The lowest BCUT2D eigenvalue weighted by Gasteiger charge is -2.19. The van der Waals surface area contributed by atoms with Gasteiger partial charge in [0.05, 0.1) is 27.9 Å². The molecule has 6 nitrogen and oxygen atoms in total. The minimum atomic E-state index is -0.245. The lowest BCUT2D eigenvalue weighted by atomic mass is 9.87. The van der Waals surface area contributed by atoms with Crippen molar-refractivity contribution in [3.8, 4) is 23.0 Å². The van der Waals surface area contributed by atoms with E-state index < -0.39 is 0 Å². The number of nitrogens with one attached hydrogen (secondary N) is 1. The molecule has 152 valence electrons. The summed E-state index contributed by atoms with van der Waals surface area (Å²) in [7, 11) is 4.54. The molecule has 0 saturated carbocycles. The standard InChI is InChI=1S/C22H29NO5/c1-22(2,3)16-7-9-17(10-8-16)28-12-11-23-21(24)15-13-18(25-4)20(27-6)19(14-15)26-5/h7-10,13-14H,11-12H2,1-6H3,(H,23,24). The molecule has 0 heterocycles. The topological polar surface area (TPSA) is 66.0 Å². The minimum absolute atomic E-state index is 0.104. The molecule has 0 unspecified atom stereocenters. The van der Waals surface area contributed by atoms with Crippen molar-refractivity contribution in [2.45, 2.75) is 26.2 Å². The van der Waals surface area contributed by atoms with Gasteiger partial charge in [-0.05, 0) is 35.2 Å². The van der Waals surface area contributed by atoms with Crippen LogP contribution in [0, 0.1) is 0 Å². The van der Waals surface area contributed by atoms with E-state index in [4.69, 9.17) is 18.9 Å². The summed E-state index contributed by atoms with van der Waals surface area (Å²) in [4.78, 5) is 12.4. The Morgan fingerprint density at radius 2 is 1.50 bits per heavy atom. The number of methoxy groups -OCH3 is 3. The van der Waals surface area contributed by atoms with Crippen LogP contribution in [0.1, 0.15) is 36.7 Å². The Labute approximate surface area is 166 Å². The smallest absolute Gasteiger partial charge is 0.251 e. The first kappa shape index (κ1) is 21.4. The van der Waals surface area contributed by atoms with Crippen LogP contribution in [-0.4, -0.2) is 40.4 Å². The van der Waals surface area contributed by atoms with E-state index >= 15 is 0 Å². The van der Waals surface area contributed by atoms with Gasteiger partial charge in [-0.1, -0.05) is 32.9 Å². The predicted molar refractivity (Wildman–Crippen MR) is 109 cm³/mol. The number of ether oxygens (including phenoxy) is 4. The van der Waals surface area contributed by atoms with E-state index in [1.54, 1.807) is 12.1 Å². The van der Waals surface area contributed by atoms with Gasteiger partial charge in [0.15, 0.2) is 11.5 Å². The molecule has 0 aliphatic heterocycles. The normalized spacial score (nSPS) is 10.9. The van der Waals surface area contributed by atoms with Crippen LogP contribution in [0.25, 0.3) is 0 Å². The van der Waals surface area contributed by atoms with Gasteiger partial charge in [-0.25, -0.2) is 0 Å². The van der Waals surface area contributed by atoms with Gasteiger partial charge in [0.1, 0.15) is 12.4 Å².